The average molecular weight is 267 g/mol. The van der Waals surface area contributed by atoms with E-state index in [0.717, 1.165) is 28.6 Å². The summed E-state index contributed by atoms with van der Waals surface area (Å²) in [6.45, 7) is 5.70. The van der Waals surface area contributed by atoms with Crippen LogP contribution in [0.25, 0.3) is 0 Å². The lowest BCUT2D eigenvalue weighted by atomic mass is 10.1. The van der Waals surface area contributed by atoms with E-state index in [2.05, 4.69) is 13.8 Å². The second-order valence-electron chi connectivity index (χ2n) is 4.94. The van der Waals surface area contributed by atoms with Crippen LogP contribution >= 0.6 is 11.8 Å². The van der Waals surface area contributed by atoms with Crippen LogP contribution in [0, 0.1) is 5.92 Å². The summed E-state index contributed by atoms with van der Waals surface area (Å²) in [5, 5.41) is 0. The van der Waals surface area contributed by atoms with E-state index in [1.807, 2.05) is 30.0 Å². The highest BCUT2D eigenvalue weighted by Crippen LogP contribution is 2.32. The lowest BCUT2D eigenvalue weighted by molar-refractivity contribution is 0.171. The number of nitrogens with two attached hydrogens (primary N) is 1. The summed E-state index contributed by atoms with van der Waals surface area (Å²) < 4.78 is 11.1. The highest BCUT2D eigenvalue weighted by molar-refractivity contribution is 7.99. The minimum Gasteiger partial charge on any atom is -0.486 e. The van der Waals surface area contributed by atoms with E-state index < -0.39 is 0 Å². The molecule has 18 heavy (non-hydrogen) atoms. The van der Waals surface area contributed by atoms with Crippen LogP contribution in [0.3, 0.4) is 0 Å². The number of benzene rings is 1. The summed E-state index contributed by atoms with van der Waals surface area (Å²) in [6.07, 6.45) is 0. The first kappa shape index (κ1) is 13.6. The molecule has 0 aliphatic carbocycles. The number of rotatable bonds is 5. The first-order valence-corrected chi connectivity index (χ1v) is 7.55. The zero-order valence-electron chi connectivity index (χ0n) is 11.0. The van der Waals surface area contributed by atoms with Crippen LogP contribution in [0.2, 0.25) is 0 Å². The molecule has 1 aromatic carbocycles. The van der Waals surface area contributed by atoms with Crippen molar-refractivity contribution in [2.24, 2.45) is 11.7 Å². The van der Waals surface area contributed by atoms with Gasteiger partial charge < -0.3 is 15.2 Å². The van der Waals surface area contributed by atoms with E-state index in [0.29, 0.717) is 19.1 Å². The van der Waals surface area contributed by atoms with Gasteiger partial charge in [-0.25, -0.2) is 0 Å². The molecule has 0 aromatic heterocycles. The largest absolute Gasteiger partial charge is 0.486 e. The van der Waals surface area contributed by atoms with Gasteiger partial charge in [0, 0.05) is 11.8 Å². The zero-order chi connectivity index (χ0) is 13.0. The van der Waals surface area contributed by atoms with Gasteiger partial charge in [-0.1, -0.05) is 19.9 Å². The summed E-state index contributed by atoms with van der Waals surface area (Å²) in [6, 6.07) is 6.06. The maximum absolute atomic E-state index is 6.20. The molecule has 1 heterocycles. The molecule has 0 saturated carbocycles. The van der Waals surface area contributed by atoms with E-state index in [-0.39, 0.29) is 6.04 Å². The predicted octanol–water partition coefficient (Wildman–Crippen LogP) is 2.85. The lowest BCUT2D eigenvalue weighted by Crippen LogP contribution is -2.17. The van der Waals surface area contributed by atoms with Crippen molar-refractivity contribution >= 4 is 11.8 Å². The van der Waals surface area contributed by atoms with Crippen molar-refractivity contribution in [2.45, 2.75) is 19.9 Å². The Morgan fingerprint density at radius 3 is 2.61 bits per heavy atom. The minimum atomic E-state index is 0.0598. The van der Waals surface area contributed by atoms with Gasteiger partial charge in [-0.3, -0.25) is 0 Å². The predicted molar refractivity (Wildman–Crippen MR) is 76.5 cm³/mol. The van der Waals surface area contributed by atoms with Crippen molar-refractivity contribution in [3.63, 3.8) is 0 Å². The van der Waals surface area contributed by atoms with Crippen LogP contribution < -0.4 is 15.2 Å². The van der Waals surface area contributed by atoms with Crippen molar-refractivity contribution < 1.29 is 9.47 Å². The topological polar surface area (TPSA) is 44.5 Å². The Morgan fingerprint density at radius 2 is 1.89 bits per heavy atom. The fraction of sp³-hybridized carbons (Fsp3) is 0.571. The second-order valence-corrected chi connectivity index (χ2v) is 6.02. The summed E-state index contributed by atoms with van der Waals surface area (Å²) in [5.74, 6) is 4.45. The van der Waals surface area contributed by atoms with Crippen molar-refractivity contribution in [1.82, 2.24) is 0 Å². The molecule has 1 atom stereocenters. The monoisotopic (exact) mass is 267 g/mol. The number of hydrogen-bond acceptors (Lipinski definition) is 4. The smallest absolute Gasteiger partial charge is 0.161 e. The Balaban J connectivity index is 1.95. The fourth-order valence-electron chi connectivity index (χ4n) is 1.82. The lowest BCUT2D eigenvalue weighted by Gasteiger charge is -2.20. The molecule has 0 saturated heterocycles. The van der Waals surface area contributed by atoms with Crippen LogP contribution in [0.5, 0.6) is 11.5 Å². The highest BCUT2D eigenvalue weighted by Gasteiger charge is 2.14. The molecule has 2 N–H and O–H groups in total. The Labute approximate surface area is 113 Å². The maximum atomic E-state index is 6.20. The van der Waals surface area contributed by atoms with Gasteiger partial charge in [-0.2, -0.15) is 11.8 Å². The molecule has 1 unspecified atom stereocenters. The summed E-state index contributed by atoms with van der Waals surface area (Å²) in [5.41, 5.74) is 7.32. The van der Waals surface area contributed by atoms with E-state index in [1.54, 1.807) is 0 Å². The third kappa shape index (κ3) is 3.56. The van der Waals surface area contributed by atoms with Crippen molar-refractivity contribution in [1.29, 1.82) is 0 Å². The molecule has 0 fully saturated rings. The number of ether oxygens (including phenoxy) is 2. The van der Waals surface area contributed by atoms with Crippen LogP contribution in [0.4, 0.5) is 0 Å². The molecule has 0 radical (unpaired) electrons. The number of hydrogen-bond donors (Lipinski definition) is 1. The molecule has 0 spiro atoms. The third-order valence-electron chi connectivity index (χ3n) is 2.74. The van der Waals surface area contributed by atoms with E-state index >= 15 is 0 Å². The molecule has 100 valence electrons. The molecule has 0 amide bonds. The molecule has 2 rings (SSSR count). The Morgan fingerprint density at radius 1 is 1.17 bits per heavy atom. The zero-order valence-corrected chi connectivity index (χ0v) is 11.8. The van der Waals surface area contributed by atoms with Crippen molar-refractivity contribution in [3.05, 3.63) is 23.8 Å². The van der Waals surface area contributed by atoms with Gasteiger partial charge >= 0.3 is 0 Å². The Hall–Kier alpha value is -0.870. The van der Waals surface area contributed by atoms with Crippen LogP contribution in [0.15, 0.2) is 18.2 Å². The molecular weight excluding hydrogens is 246 g/mol. The third-order valence-corrected chi connectivity index (χ3v) is 4.24. The van der Waals surface area contributed by atoms with Gasteiger partial charge in [0.15, 0.2) is 11.5 Å². The van der Waals surface area contributed by atoms with Crippen molar-refractivity contribution in [3.8, 4) is 11.5 Å². The molecule has 1 aliphatic rings. The normalized spacial score (nSPS) is 15.8. The van der Waals surface area contributed by atoms with Crippen LogP contribution in [-0.2, 0) is 0 Å². The first-order valence-electron chi connectivity index (χ1n) is 6.39. The molecule has 1 aromatic rings. The second kappa shape index (κ2) is 6.34. The minimum absolute atomic E-state index is 0.0598. The Kier molecular flexibility index (Phi) is 4.78. The van der Waals surface area contributed by atoms with E-state index in [4.69, 9.17) is 15.2 Å². The number of fused-ring (bicyclic) bond motifs is 1. The SMILES string of the molecule is CC(C)CSCC(N)c1ccc2c(c1)OCCO2. The molecule has 3 nitrogen and oxygen atoms in total. The van der Waals surface area contributed by atoms with E-state index in [1.165, 1.54) is 0 Å². The van der Waals surface area contributed by atoms with E-state index in [9.17, 15) is 0 Å². The molecule has 1 aliphatic heterocycles. The van der Waals surface area contributed by atoms with Gasteiger partial charge in [-0.05, 0) is 29.4 Å². The standard InChI is InChI=1S/C14H21NO2S/c1-10(2)8-18-9-12(15)11-3-4-13-14(7-11)17-6-5-16-13/h3-4,7,10,12H,5-6,8-9,15H2,1-2H3. The highest BCUT2D eigenvalue weighted by atomic mass is 32.2. The summed E-state index contributed by atoms with van der Waals surface area (Å²) in [7, 11) is 0. The first-order chi connectivity index (χ1) is 8.66. The Bertz CT molecular complexity index is 395. The maximum Gasteiger partial charge on any atom is 0.161 e. The summed E-state index contributed by atoms with van der Waals surface area (Å²) >= 11 is 1.90. The van der Waals surface area contributed by atoms with Gasteiger partial charge in [0.2, 0.25) is 0 Å². The van der Waals surface area contributed by atoms with Gasteiger partial charge in [-0.15, -0.1) is 0 Å². The van der Waals surface area contributed by atoms with Crippen molar-refractivity contribution in [2.75, 3.05) is 24.7 Å². The quantitative estimate of drug-likeness (QED) is 0.891. The number of thioether (sulfide) groups is 1. The summed E-state index contributed by atoms with van der Waals surface area (Å²) in [4.78, 5) is 0. The van der Waals surface area contributed by atoms with Crippen LogP contribution in [0.1, 0.15) is 25.5 Å². The van der Waals surface area contributed by atoms with Gasteiger partial charge in [0.25, 0.3) is 0 Å². The average Bonchev–Trinajstić information content (AvgIpc) is 2.37. The van der Waals surface area contributed by atoms with Gasteiger partial charge in [0.1, 0.15) is 13.2 Å². The van der Waals surface area contributed by atoms with Crippen LogP contribution in [-0.4, -0.2) is 24.7 Å². The molecule has 4 heteroatoms. The van der Waals surface area contributed by atoms with Gasteiger partial charge in [0.05, 0.1) is 0 Å². The molecular formula is C14H21NO2S. The molecule has 0 bridgehead atoms. The fourth-order valence-corrected chi connectivity index (χ4v) is 2.87.